The van der Waals surface area contributed by atoms with E-state index in [0.717, 1.165) is 12.8 Å². The van der Waals surface area contributed by atoms with Crippen LogP contribution in [0.15, 0.2) is 18.3 Å². The molecule has 0 aliphatic carbocycles. The van der Waals surface area contributed by atoms with Crippen molar-refractivity contribution in [1.29, 1.82) is 0 Å². The Kier molecular flexibility index (Phi) is 6.66. The lowest BCUT2D eigenvalue weighted by Gasteiger charge is -2.24. The van der Waals surface area contributed by atoms with E-state index >= 15 is 0 Å². The first-order valence-electron chi connectivity index (χ1n) is 9.33. The average Bonchev–Trinajstić information content (AvgIpc) is 3.22. The van der Waals surface area contributed by atoms with Gasteiger partial charge in [0.25, 0.3) is 0 Å². The van der Waals surface area contributed by atoms with Crippen LogP contribution in [0.1, 0.15) is 30.0 Å². The van der Waals surface area contributed by atoms with Crippen LogP contribution in [0.4, 0.5) is 35.0 Å². The topological polar surface area (TPSA) is 88.6 Å². The van der Waals surface area contributed by atoms with E-state index < -0.39 is 24.4 Å². The van der Waals surface area contributed by atoms with Gasteiger partial charge in [-0.25, -0.2) is 9.37 Å². The number of nitrogens with zero attached hydrogens (tertiary/aromatic N) is 3. The Labute approximate surface area is 175 Å². The molecule has 31 heavy (non-hydrogen) atoms. The van der Waals surface area contributed by atoms with Gasteiger partial charge in [-0.05, 0) is 18.9 Å². The number of anilines is 3. The molecule has 2 heterocycles. The summed E-state index contributed by atoms with van der Waals surface area (Å²) in [5, 5.41) is 5.13. The Hall–Kier alpha value is -3.31. The molecule has 1 aromatic heterocycles. The zero-order valence-electron chi connectivity index (χ0n) is 16.8. The number of carbonyl (C=O) groups excluding carboxylic acids is 1. The van der Waals surface area contributed by atoms with Gasteiger partial charge in [-0.3, -0.25) is 4.79 Å². The lowest BCUT2D eigenvalue weighted by molar-refractivity contribution is -0.137. The highest BCUT2D eigenvalue weighted by molar-refractivity contribution is 5.68. The number of rotatable bonds is 8. The highest BCUT2D eigenvalue weighted by Crippen LogP contribution is 2.42. The predicted molar refractivity (Wildman–Crippen MR) is 104 cm³/mol. The van der Waals surface area contributed by atoms with Crippen LogP contribution in [0.2, 0.25) is 0 Å². The summed E-state index contributed by atoms with van der Waals surface area (Å²) in [6.45, 7) is -0.555. The fourth-order valence-electron chi connectivity index (χ4n) is 3.50. The maximum absolute atomic E-state index is 13.1. The van der Waals surface area contributed by atoms with E-state index in [0.29, 0.717) is 30.5 Å². The van der Waals surface area contributed by atoms with Crippen molar-refractivity contribution in [1.82, 2.24) is 14.9 Å². The number of ether oxygens (including phenoxy) is 2. The molecule has 1 saturated heterocycles. The molecule has 1 aliphatic heterocycles. The number of likely N-dealkylation sites (tertiary alicyclic amines) is 1. The maximum atomic E-state index is 13.1. The van der Waals surface area contributed by atoms with Gasteiger partial charge in [-0.1, -0.05) is 0 Å². The Morgan fingerprint density at radius 1 is 1.32 bits per heavy atom. The quantitative estimate of drug-likeness (QED) is 0.473. The number of benzene rings is 1. The van der Waals surface area contributed by atoms with Gasteiger partial charge in [0.05, 0.1) is 18.8 Å². The number of aromatic nitrogens is 2. The predicted octanol–water partition coefficient (Wildman–Crippen LogP) is 3.89. The third kappa shape index (κ3) is 4.72. The van der Waals surface area contributed by atoms with Crippen LogP contribution in [0.3, 0.4) is 0 Å². The molecule has 0 saturated carbocycles. The van der Waals surface area contributed by atoms with Gasteiger partial charge in [0.15, 0.2) is 0 Å². The molecular weight excluding hydrogens is 422 g/mol. The molecule has 0 bridgehead atoms. The fourth-order valence-corrected chi connectivity index (χ4v) is 3.50. The van der Waals surface area contributed by atoms with Gasteiger partial charge in [0.1, 0.15) is 22.9 Å². The van der Waals surface area contributed by atoms with Crippen LogP contribution >= 0.6 is 0 Å². The molecular formula is C19H21F4N5O3. The third-order valence-electron chi connectivity index (χ3n) is 4.91. The fraction of sp³-hybridized carbons (Fsp3) is 0.421. The van der Waals surface area contributed by atoms with Crippen LogP contribution in [0.25, 0.3) is 0 Å². The lowest BCUT2D eigenvalue weighted by Crippen LogP contribution is -2.21. The molecule has 2 aromatic rings. The molecule has 3 rings (SSSR count). The van der Waals surface area contributed by atoms with E-state index in [-0.39, 0.29) is 23.4 Å². The van der Waals surface area contributed by atoms with Crippen LogP contribution in [-0.4, -0.2) is 48.8 Å². The van der Waals surface area contributed by atoms with Gasteiger partial charge >= 0.3 is 6.18 Å². The van der Waals surface area contributed by atoms with Crippen LogP contribution < -0.4 is 20.1 Å². The summed E-state index contributed by atoms with van der Waals surface area (Å²) in [5.74, 6) is -0.112. The summed E-state index contributed by atoms with van der Waals surface area (Å²) in [5.41, 5.74) is -0.204. The van der Waals surface area contributed by atoms with Gasteiger partial charge in [0.2, 0.25) is 19.2 Å². The van der Waals surface area contributed by atoms with Crippen molar-refractivity contribution in [3.05, 3.63) is 29.5 Å². The standard InChI is InChI=1S/C19H21F4N5O3/c1-24-17-12(19(21,22)23)8-25-18(27-17)26-13-7-15(30-2)11(6-16(13)31-9-20)14-4-3-5-28(14)10-29/h6-8,10,14H,3-5,9H2,1-2H3,(H2,24,25,26,27). The number of amides is 1. The van der Waals surface area contributed by atoms with Crippen molar-refractivity contribution in [2.45, 2.75) is 25.1 Å². The summed E-state index contributed by atoms with van der Waals surface area (Å²) in [6, 6.07) is 2.78. The van der Waals surface area contributed by atoms with Crippen molar-refractivity contribution >= 4 is 23.9 Å². The van der Waals surface area contributed by atoms with Gasteiger partial charge in [-0.2, -0.15) is 18.2 Å². The van der Waals surface area contributed by atoms with Crippen molar-refractivity contribution in [2.75, 3.05) is 38.2 Å². The van der Waals surface area contributed by atoms with Crippen LogP contribution in [-0.2, 0) is 11.0 Å². The second-order valence-corrected chi connectivity index (χ2v) is 6.67. The molecule has 12 heteroatoms. The molecule has 2 N–H and O–H groups in total. The number of methoxy groups -OCH3 is 1. The molecule has 1 fully saturated rings. The summed E-state index contributed by atoms with van der Waals surface area (Å²) in [6.07, 6.45) is -1.74. The molecule has 8 nitrogen and oxygen atoms in total. The van der Waals surface area contributed by atoms with E-state index in [1.807, 2.05) is 0 Å². The summed E-state index contributed by atoms with van der Waals surface area (Å²) < 4.78 is 62.7. The van der Waals surface area contributed by atoms with E-state index in [2.05, 4.69) is 20.6 Å². The maximum Gasteiger partial charge on any atom is 0.421 e. The SMILES string of the molecule is CNc1nc(Nc2cc(OC)c(C3CCCN3C=O)cc2OCF)ncc1C(F)(F)F. The number of nitrogens with one attached hydrogen (secondary N) is 2. The van der Waals surface area contributed by atoms with Crippen LogP contribution in [0.5, 0.6) is 11.5 Å². The molecule has 1 atom stereocenters. The highest BCUT2D eigenvalue weighted by Gasteiger charge is 2.35. The van der Waals surface area contributed by atoms with Gasteiger partial charge in [0, 0.05) is 31.4 Å². The normalized spacial score (nSPS) is 16.2. The number of hydrogen-bond acceptors (Lipinski definition) is 7. The summed E-state index contributed by atoms with van der Waals surface area (Å²) in [7, 11) is 2.74. The largest absolute Gasteiger partial charge is 0.496 e. The Bertz CT molecular complexity index is 941. The van der Waals surface area contributed by atoms with E-state index in [1.54, 1.807) is 4.90 Å². The molecule has 1 aromatic carbocycles. The zero-order valence-corrected chi connectivity index (χ0v) is 16.8. The molecule has 1 aliphatic rings. The first kappa shape index (κ1) is 22.4. The van der Waals surface area contributed by atoms with Crippen molar-refractivity contribution < 1.29 is 31.8 Å². The number of hydrogen-bond donors (Lipinski definition) is 2. The summed E-state index contributed by atoms with van der Waals surface area (Å²) >= 11 is 0. The molecule has 0 radical (unpaired) electrons. The van der Waals surface area contributed by atoms with E-state index in [9.17, 15) is 22.4 Å². The first-order valence-corrected chi connectivity index (χ1v) is 9.33. The van der Waals surface area contributed by atoms with Crippen LogP contribution in [0, 0.1) is 0 Å². The first-order chi connectivity index (χ1) is 14.8. The Balaban J connectivity index is 2.00. The average molecular weight is 443 g/mol. The highest BCUT2D eigenvalue weighted by atomic mass is 19.4. The summed E-state index contributed by atoms with van der Waals surface area (Å²) in [4.78, 5) is 20.5. The number of halogens is 4. The second-order valence-electron chi connectivity index (χ2n) is 6.67. The zero-order chi connectivity index (χ0) is 22.6. The lowest BCUT2D eigenvalue weighted by atomic mass is 10.0. The Morgan fingerprint density at radius 3 is 2.71 bits per heavy atom. The second kappa shape index (κ2) is 9.23. The van der Waals surface area contributed by atoms with Gasteiger partial charge in [-0.15, -0.1) is 0 Å². The molecule has 168 valence electrons. The minimum Gasteiger partial charge on any atom is -0.496 e. The smallest absolute Gasteiger partial charge is 0.421 e. The Morgan fingerprint density at radius 2 is 2.10 bits per heavy atom. The minimum atomic E-state index is -4.63. The van der Waals surface area contributed by atoms with Gasteiger partial charge < -0.3 is 25.0 Å². The minimum absolute atomic E-state index is 0.0746. The van der Waals surface area contributed by atoms with Crippen molar-refractivity contribution in [3.63, 3.8) is 0 Å². The van der Waals surface area contributed by atoms with E-state index in [4.69, 9.17) is 9.47 Å². The van der Waals surface area contributed by atoms with E-state index in [1.165, 1.54) is 26.3 Å². The van der Waals surface area contributed by atoms with Crippen molar-refractivity contribution in [3.8, 4) is 11.5 Å². The third-order valence-corrected chi connectivity index (χ3v) is 4.91. The molecule has 1 unspecified atom stereocenters. The number of alkyl halides is 4. The number of carbonyl (C=O) groups is 1. The molecule has 1 amide bonds. The van der Waals surface area contributed by atoms with Crippen molar-refractivity contribution in [2.24, 2.45) is 0 Å². The molecule has 0 spiro atoms. The monoisotopic (exact) mass is 443 g/mol.